The Morgan fingerprint density at radius 3 is 2.73 bits per heavy atom. The molecule has 0 aliphatic rings. The van der Waals surface area contributed by atoms with E-state index in [4.69, 9.17) is 16.3 Å². The van der Waals surface area contributed by atoms with Crippen LogP contribution in [0.5, 0.6) is 5.75 Å². The average molecular weight is 369 g/mol. The second-order valence-corrected chi connectivity index (χ2v) is 6.80. The summed E-state index contributed by atoms with van der Waals surface area (Å²) in [6.07, 6.45) is 0. The molecule has 0 aliphatic carbocycles. The molecule has 0 radical (unpaired) electrons. The van der Waals surface area contributed by atoms with Crippen molar-refractivity contribution in [1.82, 2.24) is 9.88 Å². The van der Waals surface area contributed by atoms with E-state index in [1.54, 1.807) is 24.1 Å². The Labute approximate surface area is 158 Å². The van der Waals surface area contributed by atoms with Gasteiger partial charge in [-0.25, -0.2) is 0 Å². The van der Waals surface area contributed by atoms with Crippen molar-refractivity contribution in [1.29, 1.82) is 0 Å². The first-order valence-electron chi connectivity index (χ1n) is 8.46. The highest BCUT2D eigenvalue weighted by Gasteiger charge is 2.16. The highest BCUT2D eigenvalue weighted by molar-refractivity contribution is 6.30. The van der Waals surface area contributed by atoms with Crippen LogP contribution in [0.1, 0.15) is 21.6 Å². The molecule has 0 fully saturated rings. The fourth-order valence-electron chi connectivity index (χ4n) is 2.81. The number of hydrogen-bond acceptors (Lipinski definition) is 3. The van der Waals surface area contributed by atoms with E-state index in [1.165, 1.54) is 0 Å². The van der Waals surface area contributed by atoms with Gasteiger partial charge in [0.05, 0.1) is 17.6 Å². The van der Waals surface area contributed by atoms with Gasteiger partial charge in [-0.2, -0.15) is 0 Å². The first-order chi connectivity index (χ1) is 12.4. The highest BCUT2D eigenvalue weighted by atomic mass is 35.5. The van der Waals surface area contributed by atoms with E-state index in [0.717, 1.165) is 22.2 Å². The SMILES string of the molecule is Cc1ccc2nc(C)cc(C(=O)N(C)CCOc3cccc(Cl)c3)c2c1. The minimum atomic E-state index is -0.0409. The Morgan fingerprint density at radius 1 is 1.15 bits per heavy atom. The molecule has 3 aromatic rings. The Balaban J connectivity index is 1.74. The molecule has 26 heavy (non-hydrogen) atoms. The van der Waals surface area contributed by atoms with Crippen LogP contribution in [0, 0.1) is 13.8 Å². The third-order valence-corrected chi connectivity index (χ3v) is 4.40. The molecular weight excluding hydrogens is 348 g/mol. The van der Waals surface area contributed by atoms with Crippen LogP contribution in [-0.4, -0.2) is 36.0 Å². The van der Waals surface area contributed by atoms with Crippen molar-refractivity contribution in [3.63, 3.8) is 0 Å². The molecule has 0 bridgehead atoms. The van der Waals surface area contributed by atoms with Gasteiger partial charge in [0.15, 0.2) is 0 Å². The standard InChI is InChI=1S/C21H21ClN2O2/c1-14-7-8-20-18(11-14)19(12-15(2)23-20)21(25)24(3)9-10-26-17-6-4-5-16(22)13-17/h4-8,11-13H,9-10H2,1-3H3. The van der Waals surface area contributed by atoms with Crippen LogP contribution < -0.4 is 4.74 Å². The molecule has 5 heteroatoms. The number of fused-ring (bicyclic) bond motifs is 1. The number of nitrogens with zero attached hydrogens (tertiary/aromatic N) is 2. The summed E-state index contributed by atoms with van der Waals surface area (Å²) in [6.45, 7) is 4.78. The number of halogens is 1. The smallest absolute Gasteiger partial charge is 0.254 e. The fourth-order valence-corrected chi connectivity index (χ4v) is 2.99. The number of ether oxygens (including phenoxy) is 1. The summed E-state index contributed by atoms with van der Waals surface area (Å²) in [7, 11) is 1.78. The Bertz CT molecular complexity index is 956. The molecule has 0 aliphatic heterocycles. The summed E-state index contributed by atoms with van der Waals surface area (Å²) >= 11 is 5.95. The van der Waals surface area contributed by atoms with Gasteiger partial charge in [-0.3, -0.25) is 9.78 Å². The van der Waals surface area contributed by atoms with Gasteiger partial charge in [0.1, 0.15) is 12.4 Å². The maximum Gasteiger partial charge on any atom is 0.254 e. The summed E-state index contributed by atoms with van der Waals surface area (Å²) in [5.74, 6) is 0.653. The number of hydrogen-bond donors (Lipinski definition) is 0. The van der Waals surface area contributed by atoms with Crippen LogP contribution in [0.3, 0.4) is 0 Å². The number of benzene rings is 2. The number of carbonyl (C=O) groups excluding carboxylic acids is 1. The van der Waals surface area contributed by atoms with Crippen molar-refractivity contribution in [3.05, 3.63) is 70.4 Å². The van der Waals surface area contributed by atoms with Crippen molar-refractivity contribution >= 4 is 28.4 Å². The molecule has 2 aromatic carbocycles. The first-order valence-corrected chi connectivity index (χ1v) is 8.83. The normalized spacial score (nSPS) is 10.8. The summed E-state index contributed by atoms with van der Waals surface area (Å²) in [5.41, 5.74) is 3.43. The molecule has 0 atom stereocenters. The summed E-state index contributed by atoms with van der Waals surface area (Å²) < 4.78 is 5.68. The second-order valence-electron chi connectivity index (χ2n) is 6.36. The summed E-state index contributed by atoms with van der Waals surface area (Å²) in [6, 6.07) is 15.0. The van der Waals surface area contributed by atoms with Crippen LogP contribution in [0.2, 0.25) is 5.02 Å². The van der Waals surface area contributed by atoms with E-state index >= 15 is 0 Å². The summed E-state index contributed by atoms with van der Waals surface area (Å²) in [5, 5.41) is 1.50. The molecule has 0 saturated carbocycles. The van der Waals surface area contributed by atoms with Crippen molar-refractivity contribution in [2.45, 2.75) is 13.8 Å². The molecular formula is C21H21ClN2O2. The Hall–Kier alpha value is -2.59. The lowest BCUT2D eigenvalue weighted by Gasteiger charge is -2.19. The molecule has 1 aromatic heterocycles. The Kier molecular flexibility index (Phi) is 5.43. The number of likely N-dealkylation sites (N-methyl/N-ethyl adjacent to an activating group) is 1. The quantitative estimate of drug-likeness (QED) is 0.658. The largest absolute Gasteiger partial charge is 0.492 e. The number of pyridine rings is 1. The lowest BCUT2D eigenvalue weighted by atomic mass is 10.0. The van der Waals surface area contributed by atoms with Crippen LogP contribution in [-0.2, 0) is 0 Å². The topological polar surface area (TPSA) is 42.4 Å². The number of carbonyl (C=O) groups is 1. The average Bonchev–Trinajstić information content (AvgIpc) is 2.61. The monoisotopic (exact) mass is 368 g/mol. The van der Waals surface area contributed by atoms with Crippen molar-refractivity contribution < 1.29 is 9.53 Å². The Morgan fingerprint density at radius 2 is 1.96 bits per heavy atom. The molecule has 1 amide bonds. The van der Waals surface area contributed by atoms with E-state index in [0.29, 0.717) is 29.5 Å². The maximum absolute atomic E-state index is 12.9. The number of rotatable bonds is 5. The lowest BCUT2D eigenvalue weighted by molar-refractivity contribution is 0.0775. The minimum Gasteiger partial charge on any atom is -0.492 e. The van der Waals surface area contributed by atoms with Gasteiger partial charge in [0.2, 0.25) is 0 Å². The minimum absolute atomic E-state index is 0.0409. The molecule has 0 saturated heterocycles. The van der Waals surface area contributed by atoms with Gasteiger partial charge in [0, 0.05) is 23.2 Å². The third-order valence-electron chi connectivity index (χ3n) is 4.16. The molecule has 1 heterocycles. The van der Waals surface area contributed by atoms with E-state index in [9.17, 15) is 4.79 Å². The van der Waals surface area contributed by atoms with Gasteiger partial charge < -0.3 is 9.64 Å². The van der Waals surface area contributed by atoms with Crippen molar-refractivity contribution in [2.24, 2.45) is 0 Å². The zero-order valence-corrected chi connectivity index (χ0v) is 15.9. The maximum atomic E-state index is 12.9. The zero-order chi connectivity index (χ0) is 18.7. The molecule has 0 N–H and O–H groups in total. The number of aromatic nitrogens is 1. The van der Waals surface area contributed by atoms with Crippen molar-refractivity contribution in [3.8, 4) is 5.75 Å². The number of aryl methyl sites for hydroxylation is 2. The van der Waals surface area contributed by atoms with Crippen LogP contribution in [0.15, 0.2) is 48.5 Å². The zero-order valence-electron chi connectivity index (χ0n) is 15.1. The van der Waals surface area contributed by atoms with Gasteiger partial charge in [-0.05, 0) is 50.2 Å². The van der Waals surface area contributed by atoms with Gasteiger partial charge in [-0.1, -0.05) is 29.3 Å². The van der Waals surface area contributed by atoms with Crippen LogP contribution >= 0.6 is 11.6 Å². The first kappa shape index (κ1) is 18.2. The van der Waals surface area contributed by atoms with E-state index in [1.807, 2.05) is 50.2 Å². The predicted molar refractivity (Wildman–Crippen MR) is 105 cm³/mol. The van der Waals surface area contributed by atoms with Crippen LogP contribution in [0.25, 0.3) is 10.9 Å². The molecule has 134 valence electrons. The lowest BCUT2D eigenvalue weighted by Crippen LogP contribution is -2.31. The van der Waals surface area contributed by atoms with E-state index in [2.05, 4.69) is 4.98 Å². The van der Waals surface area contributed by atoms with Gasteiger partial charge in [0.25, 0.3) is 5.91 Å². The van der Waals surface area contributed by atoms with Crippen LogP contribution in [0.4, 0.5) is 0 Å². The third kappa shape index (κ3) is 4.14. The van der Waals surface area contributed by atoms with E-state index < -0.39 is 0 Å². The molecule has 4 nitrogen and oxygen atoms in total. The van der Waals surface area contributed by atoms with Gasteiger partial charge >= 0.3 is 0 Å². The molecule has 3 rings (SSSR count). The summed E-state index contributed by atoms with van der Waals surface area (Å²) in [4.78, 5) is 19.1. The second kappa shape index (κ2) is 7.75. The fraction of sp³-hybridized carbons (Fsp3) is 0.238. The van der Waals surface area contributed by atoms with Gasteiger partial charge in [-0.15, -0.1) is 0 Å². The predicted octanol–water partition coefficient (Wildman–Crippen LogP) is 4.66. The van der Waals surface area contributed by atoms with E-state index in [-0.39, 0.29) is 5.91 Å². The highest BCUT2D eigenvalue weighted by Crippen LogP contribution is 2.21. The molecule has 0 spiro atoms. The van der Waals surface area contributed by atoms with Crippen molar-refractivity contribution in [2.75, 3.05) is 20.2 Å². The molecule has 0 unspecified atom stereocenters. The number of amides is 1.